The molecule has 5 rings (SSSR count). The van der Waals surface area contributed by atoms with Crippen molar-refractivity contribution in [3.8, 4) is 5.75 Å². The summed E-state index contributed by atoms with van der Waals surface area (Å²) < 4.78 is 13.2. The third kappa shape index (κ3) is 5.43. The van der Waals surface area contributed by atoms with Crippen molar-refractivity contribution in [1.29, 1.82) is 0 Å². The van der Waals surface area contributed by atoms with Crippen molar-refractivity contribution in [2.24, 2.45) is 5.73 Å². The molecule has 8 heteroatoms. The number of ether oxygens (including phenoxy) is 2. The maximum Gasteiger partial charge on any atom is 0.277 e. The minimum Gasteiger partial charge on any atom is -0.482 e. The number of aromatic nitrogens is 1. The number of pyridine rings is 1. The number of nitrogens with two attached hydrogens (primary N) is 1. The van der Waals surface area contributed by atoms with Crippen molar-refractivity contribution < 1.29 is 14.3 Å². The topological polar surface area (TPSA) is 90.0 Å². The molecule has 0 atom stereocenters. The average Bonchev–Trinajstić information content (AvgIpc) is 2.98. The van der Waals surface area contributed by atoms with Crippen LogP contribution in [-0.2, 0) is 17.9 Å². The summed E-state index contributed by atoms with van der Waals surface area (Å²) in [6.07, 6.45) is 0. The lowest BCUT2D eigenvalue weighted by molar-refractivity contribution is 0.0609. The van der Waals surface area contributed by atoms with Gasteiger partial charge in [0.1, 0.15) is 13.3 Å². The van der Waals surface area contributed by atoms with Crippen LogP contribution in [0.2, 0.25) is 0 Å². The van der Waals surface area contributed by atoms with Crippen LogP contribution < -0.4 is 20.9 Å². The minimum absolute atomic E-state index is 0.00745. The predicted molar refractivity (Wildman–Crippen MR) is 150 cm³/mol. The fourth-order valence-corrected chi connectivity index (χ4v) is 4.96. The fourth-order valence-electron chi connectivity index (χ4n) is 4.96. The lowest BCUT2D eigenvalue weighted by Gasteiger charge is -2.45. The molecule has 200 valence electrons. The van der Waals surface area contributed by atoms with E-state index in [0.717, 1.165) is 16.7 Å². The van der Waals surface area contributed by atoms with Gasteiger partial charge in [0.15, 0.2) is 11.4 Å². The minimum atomic E-state index is -0.379. The molecule has 1 aliphatic rings. The first-order valence-corrected chi connectivity index (χ1v) is 12.9. The van der Waals surface area contributed by atoms with E-state index in [4.69, 9.17) is 15.2 Å². The van der Waals surface area contributed by atoms with Crippen LogP contribution in [-0.4, -0.2) is 42.4 Å². The van der Waals surface area contributed by atoms with Crippen molar-refractivity contribution in [3.05, 3.63) is 135 Å². The molecule has 1 aliphatic heterocycles. The number of amides is 1. The monoisotopic (exact) mass is 524 g/mol. The van der Waals surface area contributed by atoms with Crippen LogP contribution in [0.25, 0.3) is 0 Å². The third-order valence-corrected chi connectivity index (χ3v) is 6.81. The molecular weight excluding hydrogens is 492 g/mol. The Bertz CT molecular complexity index is 1420. The van der Waals surface area contributed by atoms with Gasteiger partial charge >= 0.3 is 0 Å². The Morgan fingerprint density at radius 2 is 1.46 bits per heavy atom. The number of carbonyl (C=O) groups is 1. The zero-order valence-corrected chi connectivity index (χ0v) is 21.9. The lowest BCUT2D eigenvalue weighted by Crippen LogP contribution is -2.57. The Morgan fingerprint density at radius 1 is 0.872 bits per heavy atom. The molecule has 0 aliphatic carbocycles. The SMILES string of the molecule is COCCN1CN(C(c2ccccc2)c2ccccc2)n2c(CN)cc(=O)c(OCc3ccccc3)c2C1=O. The number of rotatable bonds is 10. The van der Waals surface area contributed by atoms with Crippen LogP contribution in [0, 0.1) is 0 Å². The molecule has 3 aromatic carbocycles. The lowest BCUT2D eigenvalue weighted by atomic mass is 9.98. The quantitative estimate of drug-likeness (QED) is 0.341. The van der Waals surface area contributed by atoms with Gasteiger partial charge in [-0.25, -0.2) is 4.68 Å². The van der Waals surface area contributed by atoms with Crippen LogP contribution in [0.1, 0.15) is 38.9 Å². The summed E-state index contributed by atoms with van der Waals surface area (Å²) in [4.78, 5) is 29.0. The van der Waals surface area contributed by atoms with Crippen LogP contribution in [0.15, 0.2) is 102 Å². The predicted octanol–water partition coefficient (Wildman–Crippen LogP) is 3.67. The molecule has 0 saturated carbocycles. The van der Waals surface area contributed by atoms with Gasteiger partial charge in [0.05, 0.1) is 18.3 Å². The molecule has 0 spiro atoms. The van der Waals surface area contributed by atoms with E-state index in [1.807, 2.05) is 66.7 Å². The maximum absolute atomic E-state index is 14.0. The number of hydrogen-bond acceptors (Lipinski definition) is 6. The van der Waals surface area contributed by atoms with Crippen molar-refractivity contribution in [3.63, 3.8) is 0 Å². The highest BCUT2D eigenvalue weighted by Gasteiger charge is 2.38. The number of fused-ring (bicyclic) bond motifs is 1. The molecule has 0 unspecified atom stereocenters. The molecule has 1 aromatic heterocycles. The first kappa shape index (κ1) is 26.2. The summed E-state index contributed by atoms with van der Waals surface area (Å²) in [6, 6.07) is 30.9. The van der Waals surface area contributed by atoms with Crippen molar-refractivity contribution >= 4 is 5.91 Å². The number of nitrogens with zero attached hydrogens (tertiary/aromatic N) is 3. The van der Waals surface area contributed by atoms with E-state index in [9.17, 15) is 9.59 Å². The third-order valence-electron chi connectivity index (χ3n) is 6.81. The second-order valence-corrected chi connectivity index (χ2v) is 9.33. The Labute approximate surface area is 227 Å². The average molecular weight is 525 g/mol. The van der Waals surface area contributed by atoms with Crippen molar-refractivity contribution in [1.82, 2.24) is 9.58 Å². The summed E-state index contributed by atoms with van der Waals surface area (Å²) in [5.41, 5.74) is 9.45. The van der Waals surface area contributed by atoms with Gasteiger partial charge in [-0.1, -0.05) is 91.0 Å². The van der Waals surface area contributed by atoms with Crippen molar-refractivity contribution in [2.45, 2.75) is 19.2 Å². The van der Waals surface area contributed by atoms with Crippen molar-refractivity contribution in [2.75, 3.05) is 31.9 Å². The van der Waals surface area contributed by atoms with Gasteiger partial charge in [0.2, 0.25) is 5.43 Å². The van der Waals surface area contributed by atoms with Gasteiger partial charge in [-0.15, -0.1) is 0 Å². The molecule has 0 saturated heterocycles. The summed E-state index contributed by atoms with van der Waals surface area (Å²) in [5.74, 6) is -0.299. The van der Waals surface area contributed by atoms with Crippen LogP contribution >= 0.6 is 0 Å². The molecule has 2 heterocycles. The maximum atomic E-state index is 14.0. The van der Waals surface area contributed by atoms with E-state index < -0.39 is 0 Å². The van der Waals surface area contributed by atoms with E-state index in [2.05, 4.69) is 29.3 Å². The highest BCUT2D eigenvalue weighted by atomic mass is 16.5. The van der Waals surface area contributed by atoms with Gasteiger partial charge in [0, 0.05) is 26.3 Å². The fraction of sp³-hybridized carbons (Fsp3) is 0.226. The number of benzene rings is 3. The van der Waals surface area contributed by atoms with Gasteiger partial charge in [-0.05, 0) is 16.7 Å². The van der Waals surface area contributed by atoms with Crippen LogP contribution in [0.3, 0.4) is 0 Å². The molecular formula is C31H32N4O4. The van der Waals surface area contributed by atoms with Crippen LogP contribution in [0.4, 0.5) is 0 Å². The summed E-state index contributed by atoms with van der Waals surface area (Å²) >= 11 is 0. The van der Waals surface area contributed by atoms with Gasteiger partial charge in [-0.3, -0.25) is 14.6 Å². The summed E-state index contributed by atoms with van der Waals surface area (Å²) in [5, 5.41) is 2.08. The Kier molecular flexibility index (Phi) is 8.05. The molecule has 0 radical (unpaired) electrons. The Balaban J connectivity index is 1.71. The molecule has 4 aromatic rings. The Morgan fingerprint density at radius 3 is 2.03 bits per heavy atom. The molecule has 0 fully saturated rings. The van der Waals surface area contributed by atoms with Gasteiger partial charge in [-0.2, -0.15) is 0 Å². The van der Waals surface area contributed by atoms with E-state index in [1.165, 1.54) is 6.07 Å². The van der Waals surface area contributed by atoms with Gasteiger partial charge < -0.3 is 20.1 Å². The van der Waals surface area contributed by atoms with Crippen LogP contribution in [0.5, 0.6) is 5.75 Å². The summed E-state index contributed by atoms with van der Waals surface area (Å²) in [7, 11) is 1.60. The molecule has 8 nitrogen and oxygen atoms in total. The zero-order chi connectivity index (χ0) is 27.2. The number of methoxy groups -OCH3 is 1. The smallest absolute Gasteiger partial charge is 0.277 e. The second kappa shape index (κ2) is 12.0. The molecule has 1 amide bonds. The number of carbonyl (C=O) groups excluding carboxylic acids is 1. The standard InChI is InChI=1S/C31H32N4O4/c1-38-18-17-33-22-34(28(24-13-7-3-8-14-24)25-15-9-4-10-16-25)35-26(20-32)19-27(36)30(29(35)31(33)37)39-21-23-11-5-2-6-12-23/h2-16,19,28H,17-18,20-22,32H2,1H3. The summed E-state index contributed by atoms with van der Waals surface area (Å²) in [6.45, 7) is 1.18. The largest absolute Gasteiger partial charge is 0.482 e. The van der Waals surface area contributed by atoms with E-state index in [0.29, 0.717) is 18.8 Å². The highest BCUT2D eigenvalue weighted by molar-refractivity contribution is 5.96. The van der Waals surface area contributed by atoms with E-state index >= 15 is 0 Å². The molecule has 0 bridgehead atoms. The van der Waals surface area contributed by atoms with E-state index in [1.54, 1.807) is 16.7 Å². The molecule has 2 N–H and O–H groups in total. The number of hydrogen-bond donors (Lipinski definition) is 1. The highest BCUT2D eigenvalue weighted by Crippen LogP contribution is 2.33. The first-order chi connectivity index (χ1) is 19.1. The van der Waals surface area contributed by atoms with E-state index in [-0.39, 0.29) is 48.6 Å². The first-order valence-electron chi connectivity index (χ1n) is 12.9. The molecule has 39 heavy (non-hydrogen) atoms. The zero-order valence-electron chi connectivity index (χ0n) is 21.9. The Hall–Kier alpha value is -4.40. The normalized spacial score (nSPS) is 13.1. The second-order valence-electron chi connectivity index (χ2n) is 9.33. The van der Waals surface area contributed by atoms with Gasteiger partial charge in [0.25, 0.3) is 5.91 Å².